The molecule has 4 heterocycles. The second-order valence-corrected chi connectivity index (χ2v) is 8.49. The molecule has 0 saturated carbocycles. The molecule has 0 spiro atoms. The quantitative estimate of drug-likeness (QED) is 0.483. The fraction of sp³-hybridized carbons (Fsp3) is 0.318. The highest BCUT2D eigenvalue weighted by Gasteiger charge is 2.19. The first kappa shape index (κ1) is 18.4. The lowest BCUT2D eigenvalue weighted by Gasteiger charge is -2.30. The van der Waals surface area contributed by atoms with E-state index in [4.69, 9.17) is 4.98 Å². The molecule has 0 bridgehead atoms. The number of rotatable bonds is 4. The Morgan fingerprint density at radius 2 is 1.97 bits per heavy atom. The van der Waals surface area contributed by atoms with Gasteiger partial charge in [0.2, 0.25) is 0 Å². The van der Waals surface area contributed by atoms with Crippen LogP contribution in [-0.2, 0) is 0 Å². The molecule has 5 rings (SSSR count). The van der Waals surface area contributed by atoms with Gasteiger partial charge in [0.05, 0.1) is 17.4 Å². The third-order valence-electron chi connectivity index (χ3n) is 5.75. The Bertz CT molecular complexity index is 1160. The van der Waals surface area contributed by atoms with Crippen LogP contribution in [0.1, 0.15) is 18.4 Å². The first-order valence-electron chi connectivity index (χ1n) is 9.96. The Balaban J connectivity index is 1.51. The van der Waals surface area contributed by atoms with E-state index in [2.05, 4.69) is 56.2 Å². The Morgan fingerprint density at radius 3 is 2.79 bits per heavy atom. The van der Waals surface area contributed by atoms with E-state index in [1.807, 2.05) is 36.6 Å². The summed E-state index contributed by atoms with van der Waals surface area (Å²) in [7, 11) is 0. The van der Waals surface area contributed by atoms with Crippen LogP contribution >= 0.6 is 11.9 Å². The molecular formula is C22H24N6S. The van der Waals surface area contributed by atoms with Gasteiger partial charge >= 0.3 is 0 Å². The number of benzene rings is 1. The molecule has 29 heavy (non-hydrogen) atoms. The van der Waals surface area contributed by atoms with E-state index in [-0.39, 0.29) is 0 Å². The summed E-state index contributed by atoms with van der Waals surface area (Å²) < 4.78 is 2.42. The maximum Gasteiger partial charge on any atom is 0.126 e. The lowest BCUT2D eigenvalue weighted by molar-refractivity contribution is 0.359. The van der Waals surface area contributed by atoms with E-state index < -0.39 is 0 Å². The van der Waals surface area contributed by atoms with Crippen molar-refractivity contribution in [1.29, 1.82) is 0 Å². The van der Waals surface area contributed by atoms with Crippen LogP contribution in [0.2, 0.25) is 0 Å². The van der Waals surface area contributed by atoms with Gasteiger partial charge in [-0.05, 0) is 55.9 Å². The number of piperidine rings is 1. The van der Waals surface area contributed by atoms with Crippen molar-refractivity contribution >= 4 is 39.4 Å². The molecule has 0 amide bonds. The second-order valence-electron chi connectivity index (χ2n) is 7.60. The monoisotopic (exact) mass is 404 g/mol. The SMILES string of the molecule is CSN1CCC(Nc2cc3c(-c4cc5cn[nH]c5cc4C)nccc3cn2)CC1. The number of hydrogen-bond acceptors (Lipinski definition) is 6. The van der Waals surface area contributed by atoms with Crippen molar-refractivity contribution in [3.63, 3.8) is 0 Å². The number of H-pyrrole nitrogens is 1. The average molecular weight is 405 g/mol. The van der Waals surface area contributed by atoms with Crippen LogP contribution < -0.4 is 5.32 Å². The lowest BCUT2D eigenvalue weighted by Crippen LogP contribution is -2.35. The standard InChI is InChI=1S/C22H24N6S/c1-14-9-20-16(13-25-27-20)10-18(14)22-19-11-21(24-12-15(19)3-6-23-22)26-17-4-7-28(29-2)8-5-17/h3,6,9-13,17H,4-5,7-8H2,1-2H3,(H,24,26)(H,25,27). The highest BCUT2D eigenvalue weighted by molar-refractivity contribution is 7.96. The van der Waals surface area contributed by atoms with Crippen molar-refractivity contribution in [1.82, 2.24) is 24.5 Å². The van der Waals surface area contributed by atoms with E-state index in [1.54, 1.807) is 0 Å². The molecule has 2 N–H and O–H groups in total. The minimum atomic E-state index is 0.465. The summed E-state index contributed by atoms with van der Waals surface area (Å²) in [6.45, 7) is 4.35. The predicted molar refractivity (Wildman–Crippen MR) is 121 cm³/mol. The highest BCUT2D eigenvalue weighted by atomic mass is 32.2. The molecule has 0 unspecified atom stereocenters. The zero-order valence-electron chi connectivity index (χ0n) is 16.6. The van der Waals surface area contributed by atoms with Gasteiger partial charge in [0.15, 0.2) is 0 Å². The first-order chi connectivity index (χ1) is 14.2. The van der Waals surface area contributed by atoms with Gasteiger partial charge in [0.1, 0.15) is 5.82 Å². The Kier molecular flexibility index (Phi) is 4.85. The number of anilines is 1. The van der Waals surface area contributed by atoms with Crippen molar-refractivity contribution < 1.29 is 0 Å². The van der Waals surface area contributed by atoms with Gasteiger partial charge in [-0.3, -0.25) is 14.4 Å². The molecule has 1 saturated heterocycles. The van der Waals surface area contributed by atoms with Crippen LogP contribution in [-0.4, -0.2) is 49.9 Å². The van der Waals surface area contributed by atoms with Crippen LogP contribution in [0.15, 0.2) is 42.9 Å². The average Bonchev–Trinajstić information content (AvgIpc) is 3.20. The second kappa shape index (κ2) is 7.65. The largest absolute Gasteiger partial charge is 0.367 e. The third-order valence-corrected chi connectivity index (χ3v) is 6.63. The molecule has 6 nitrogen and oxygen atoms in total. The maximum absolute atomic E-state index is 4.74. The summed E-state index contributed by atoms with van der Waals surface area (Å²) in [6, 6.07) is 8.95. The number of nitrogens with zero attached hydrogens (tertiary/aromatic N) is 4. The van der Waals surface area contributed by atoms with Gasteiger partial charge < -0.3 is 5.32 Å². The number of fused-ring (bicyclic) bond motifs is 2. The molecule has 7 heteroatoms. The van der Waals surface area contributed by atoms with Gasteiger partial charge in [-0.25, -0.2) is 4.98 Å². The molecular weight excluding hydrogens is 380 g/mol. The number of pyridine rings is 2. The van der Waals surface area contributed by atoms with E-state index >= 15 is 0 Å². The molecule has 3 aromatic heterocycles. The smallest absolute Gasteiger partial charge is 0.126 e. The fourth-order valence-electron chi connectivity index (χ4n) is 4.11. The van der Waals surface area contributed by atoms with Crippen molar-refractivity contribution in [3.8, 4) is 11.3 Å². The van der Waals surface area contributed by atoms with Gasteiger partial charge in [0.25, 0.3) is 0 Å². The van der Waals surface area contributed by atoms with E-state index in [0.717, 1.165) is 64.7 Å². The zero-order valence-corrected chi connectivity index (χ0v) is 17.5. The van der Waals surface area contributed by atoms with Crippen molar-refractivity contribution in [2.45, 2.75) is 25.8 Å². The van der Waals surface area contributed by atoms with Gasteiger partial charge in [-0.1, -0.05) is 11.9 Å². The van der Waals surface area contributed by atoms with Crippen LogP contribution in [0.5, 0.6) is 0 Å². The number of aryl methyl sites for hydroxylation is 1. The highest BCUT2D eigenvalue weighted by Crippen LogP contribution is 2.32. The maximum atomic E-state index is 4.74. The molecule has 1 fully saturated rings. The lowest BCUT2D eigenvalue weighted by atomic mass is 9.99. The fourth-order valence-corrected chi connectivity index (χ4v) is 4.68. The van der Waals surface area contributed by atoms with Gasteiger partial charge in [-0.15, -0.1) is 0 Å². The summed E-state index contributed by atoms with van der Waals surface area (Å²) in [5, 5.41) is 14.2. The van der Waals surface area contributed by atoms with E-state index in [1.165, 1.54) is 5.56 Å². The van der Waals surface area contributed by atoms with Crippen molar-refractivity contribution in [3.05, 3.63) is 48.4 Å². The number of aromatic nitrogens is 4. The molecule has 1 aliphatic rings. The van der Waals surface area contributed by atoms with Crippen molar-refractivity contribution in [2.24, 2.45) is 0 Å². The summed E-state index contributed by atoms with van der Waals surface area (Å²) in [5.41, 5.74) is 4.35. The first-order valence-corrected chi connectivity index (χ1v) is 11.1. The summed E-state index contributed by atoms with van der Waals surface area (Å²) in [5.74, 6) is 0.927. The normalized spacial score (nSPS) is 15.9. The molecule has 1 aromatic carbocycles. The minimum Gasteiger partial charge on any atom is -0.367 e. The molecule has 0 aliphatic carbocycles. The van der Waals surface area contributed by atoms with Gasteiger partial charge in [0, 0.05) is 53.2 Å². The van der Waals surface area contributed by atoms with E-state index in [0.29, 0.717) is 6.04 Å². The number of aromatic amines is 1. The Hall–Kier alpha value is -2.64. The van der Waals surface area contributed by atoms with Crippen molar-refractivity contribution in [2.75, 3.05) is 24.7 Å². The molecule has 148 valence electrons. The summed E-state index contributed by atoms with van der Waals surface area (Å²) in [6.07, 6.45) is 10.1. The molecule has 0 atom stereocenters. The molecule has 1 aliphatic heterocycles. The summed E-state index contributed by atoms with van der Waals surface area (Å²) in [4.78, 5) is 9.41. The van der Waals surface area contributed by atoms with Gasteiger partial charge in [-0.2, -0.15) is 5.10 Å². The Labute approximate surface area is 174 Å². The van der Waals surface area contributed by atoms with Crippen LogP contribution in [0.4, 0.5) is 5.82 Å². The third kappa shape index (κ3) is 3.56. The van der Waals surface area contributed by atoms with Crippen LogP contribution in [0.25, 0.3) is 32.9 Å². The van der Waals surface area contributed by atoms with Crippen LogP contribution in [0.3, 0.4) is 0 Å². The predicted octanol–water partition coefficient (Wildman–Crippen LogP) is 4.64. The molecule has 4 aromatic rings. The summed E-state index contributed by atoms with van der Waals surface area (Å²) >= 11 is 1.83. The number of nitrogens with one attached hydrogen (secondary N) is 2. The van der Waals surface area contributed by atoms with E-state index in [9.17, 15) is 0 Å². The van der Waals surface area contributed by atoms with Crippen LogP contribution in [0, 0.1) is 6.92 Å². The number of hydrogen-bond donors (Lipinski definition) is 2. The Morgan fingerprint density at radius 1 is 1.10 bits per heavy atom. The minimum absolute atomic E-state index is 0.465. The zero-order chi connectivity index (χ0) is 19.8. The molecule has 0 radical (unpaired) electrons. The topological polar surface area (TPSA) is 69.7 Å².